The van der Waals surface area contributed by atoms with Gasteiger partial charge in [-0.15, -0.1) is 0 Å². The molecule has 30 heavy (non-hydrogen) atoms. The topological polar surface area (TPSA) is 102 Å². The molecule has 2 aliphatic heterocycles. The molecule has 8 nitrogen and oxygen atoms in total. The molecule has 162 valence electrons. The van der Waals surface area contributed by atoms with Crippen molar-refractivity contribution in [1.29, 1.82) is 0 Å². The average molecular weight is 417 g/mol. The number of carbonyl (C=O) groups excluding carboxylic acids is 1. The number of β-amino-alcohol motifs (C(OH)–C–C–N with tert-alkyl or cyclic N) is 1. The van der Waals surface area contributed by atoms with Crippen molar-refractivity contribution >= 4 is 17.1 Å². The van der Waals surface area contributed by atoms with Gasteiger partial charge in [-0.2, -0.15) is 0 Å². The van der Waals surface area contributed by atoms with E-state index >= 15 is 0 Å². The lowest BCUT2D eigenvalue weighted by molar-refractivity contribution is -0.276. The van der Waals surface area contributed by atoms with E-state index in [1.165, 1.54) is 17.2 Å². The van der Waals surface area contributed by atoms with Gasteiger partial charge in [-0.25, -0.2) is 4.39 Å². The van der Waals surface area contributed by atoms with Crippen LogP contribution < -0.4 is 10.7 Å². The Morgan fingerprint density at radius 1 is 1.37 bits per heavy atom. The first-order valence-electron chi connectivity index (χ1n) is 10.2. The number of halogens is 1. The number of nitrogens with zero attached hydrogens (tertiary/aromatic N) is 4. The van der Waals surface area contributed by atoms with E-state index in [4.69, 9.17) is 0 Å². The fourth-order valence-corrected chi connectivity index (χ4v) is 4.96. The van der Waals surface area contributed by atoms with Crippen molar-refractivity contribution in [2.75, 3.05) is 19.6 Å². The molecule has 0 bridgehead atoms. The van der Waals surface area contributed by atoms with Crippen molar-refractivity contribution in [3.63, 3.8) is 0 Å². The first-order chi connectivity index (χ1) is 14.1. The Hall–Kier alpha value is -2.52. The number of rotatable bonds is 3. The fraction of sp³-hybridized carbons (Fsp3) is 0.571. The van der Waals surface area contributed by atoms with Gasteiger partial charge in [0.05, 0.1) is 29.4 Å². The highest BCUT2D eigenvalue weighted by Gasteiger charge is 2.39. The van der Waals surface area contributed by atoms with Crippen molar-refractivity contribution in [2.24, 2.45) is 0 Å². The molecule has 3 atom stereocenters. The molecule has 2 aromatic heterocycles. The lowest BCUT2D eigenvalue weighted by atomic mass is 9.93. The van der Waals surface area contributed by atoms with Crippen LogP contribution in [0, 0.1) is 5.82 Å². The summed E-state index contributed by atoms with van der Waals surface area (Å²) in [6, 6.07) is 2.49. The molecule has 4 rings (SSSR count). The molecule has 0 radical (unpaired) electrons. The zero-order valence-electron chi connectivity index (χ0n) is 17.3. The van der Waals surface area contributed by atoms with Gasteiger partial charge in [0.2, 0.25) is 0 Å². The lowest BCUT2D eigenvalue weighted by Gasteiger charge is -2.49. The summed E-state index contributed by atoms with van der Waals surface area (Å²) < 4.78 is 16.2. The minimum atomic E-state index is -1.30. The molecule has 0 saturated carbocycles. The van der Waals surface area contributed by atoms with E-state index < -0.39 is 29.6 Å². The van der Waals surface area contributed by atoms with Gasteiger partial charge in [-0.3, -0.25) is 14.7 Å². The maximum Gasteiger partial charge on any atom is 0.251 e. The smallest absolute Gasteiger partial charge is 0.251 e. The summed E-state index contributed by atoms with van der Waals surface area (Å²) in [5.41, 5.74) is 0.737. The van der Waals surface area contributed by atoms with Crippen LogP contribution in [0.15, 0.2) is 23.1 Å². The number of carboxylic acid groups (broad SMARTS) is 1. The molecule has 1 saturated heterocycles. The van der Waals surface area contributed by atoms with Crippen molar-refractivity contribution in [1.82, 2.24) is 19.4 Å². The molecule has 9 heteroatoms. The maximum atomic E-state index is 14.6. The predicted octanol–water partition coefficient (Wildman–Crippen LogP) is 0.512. The number of aliphatic hydroxyl groups is 1. The minimum absolute atomic E-state index is 0.188. The van der Waals surface area contributed by atoms with Gasteiger partial charge < -0.3 is 24.5 Å². The highest BCUT2D eigenvalue weighted by molar-refractivity contribution is 5.80. The molecule has 4 heterocycles. The number of amides is 1. The van der Waals surface area contributed by atoms with E-state index in [1.54, 1.807) is 31.4 Å². The van der Waals surface area contributed by atoms with E-state index in [0.29, 0.717) is 42.7 Å². The highest BCUT2D eigenvalue weighted by Crippen LogP contribution is 2.35. The summed E-state index contributed by atoms with van der Waals surface area (Å²) in [6.07, 6.45) is -0.552. The number of hydrogen-bond donors (Lipinski definition) is 1. The number of piperidine rings is 1. The third kappa shape index (κ3) is 3.45. The van der Waals surface area contributed by atoms with Gasteiger partial charge in [-0.1, -0.05) is 0 Å². The van der Waals surface area contributed by atoms with Crippen LogP contribution in [0.5, 0.6) is 0 Å². The number of carbonyl (C=O) groups is 1. The van der Waals surface area contributed by atoms with Gasteiger partial charge in [0.1, 0.15) is 11.9 Å². The second-order valence-electron chi connectivity index (χ2n) is 9.22. The van der Waals surface area contributed by atoms with Crippen LogP contribution in [0.2, 0.25) is 0 Å². The van der Waals surface area contributed by atoms with Crippen LogP contribution in [0.25, 0.3) is 11.0 Å². The molecule has 1 fully saturated rings. The summed E-state index contributed by atoms with van der Waals surface area (Å²) in [4.78, 5) is 31.2. The van der Waals surface area contributed by atoms with Crippen LogP contribution >= 0.6 is 0 Å². The van der Waals surface area contributed by atoms with E-state index in [-0.39, 0.29) is 18.0 Å². The fourth-order valence-electron chi connectivity index (χ4n) is 4.96. The monoisotopic (exact) mass is 417 g/mol. The van der Waals surface area contributed by atoms with Crippen molar-refractivity contribution in [3.8, 4) is 0 Å². The molecule has 1 unspecified atom stereocenters. The standard InChI is InChI=1S/C21H27FN4O4/c1-21(2,3)26(20(29)30)15-6-7-24(11-16(15)27)9-12-10-25-17(28)5-4-14-19(25)18(12)13(22)8-23-14/h4-5,8,12,15-16,27H,6-7,9-11H2,1-3H3,(H,29,30)/p-1/t12?,15-,16+/m0/s1. The largest absolute Gasteiger partial charge is 0.530 e. The summed E-state index contributed by atoms with van der Waals surface area (Å²) in [6.45, 7) is 6.95. The van der Waals surface area contributed by atoms with Crippen molar-refractivity contribution < 1.29 is 19.4 Å². The van der Waals surface area contributed by atoms with Gasteiger partial charge in [-0.05, 0) is 33.3 Å². The normalized spacial score (nSPS) is 24.4. The molecule has 2 aromatic rings. The zero-order valence-corrected chi connectivity index (χ0v) is 17.3. The second-order valence-corrected chi connectivity index (χ2v) is 9.22. The summed E-state index contributed by atoms with van der Waals surface area (Å²) in [5, 5.41) is 22.4. The Labute approximate surface area is 173 Å². The van der Waals surface area contributed by atoms with Crippen LogP contribution in [-0.2, 0) is 6.54 Å². The van der Waals surface area contributed by atoms with E-state index in [2.05, 4.69) is 4.98 Å². The van der Waals surface area contributed by atoms with E-state index in [1.807, 2.05) is 4.90 Å². The Morgan fingerprint density at radius 2 is 2.10 bits per heavy atom. The van der Waals surface area contributed by atoms with Gasteiger partial charge >= 0.3 is 0 Å². The van der Waals surface area contributed by atoms with Crippen LogP contribution in [0.3, 0.4) is 0 Å². The molecule has 1 N–H and O–H groups in total. The summed E-state index contributed by atoms with van der Waals surface area (Å²) in [7, 11) is 0. The quantitative estimate of drug-likeness (QED) is 0.781. The van der Waals surface area contributed by atoms with Crippen LogP contribution in [0.4, 0.5) is 9.18 Å². The van der Waals surface area contributed by atoms with Gasteiger partial charge in [0.15, 0.2) is 0 Å². The predicted molar refractivity (Wildman–Crippen MR) is 107 cm³/mol. The van der Waals surface area contributed by atoms with Gasteiger partial charge in [0, 0.05) is 49.3 Å². The SMILES string of the molecule is CC(C)(C)N(C(=O)[O-])[C@H]1CCN(CC2Cn3c(=O)ccc4ncc(F)c2c43)C[C@H]1O. The first kappa shape index (κ1) is 20.7. The third-order valence-electron chi connectivity index (χ3n) is 6.16. The van der Waals surface area contributed by atoms with Crippen molar-refractivity contribution in [3.05, 3.63) is 40.1 Å². The second kappa shape index (κ2) is 7.31. The zero-order chi connectivity index (χ0) is 21.8. The lowest BCUT2D eigenvalue weighted by Crippen LogP contribution is -2.63. The number of pyridine rings is 2. The minimum Gasteiger partial charge on any atom is -0.530 e. The van der Waals surface area contributed by atoms with Gasteiger partial charge in [0.25, 0.3) is 5.56 Å². The number of aliphatic hydroxyl groups excluding tert-OH is 1. The summed E-state index contributed by atoms with van der Waals surface area (Å²) in [5.74, 6) is -0.676. The maximum absolute atomic E-state index is 14.6. The summed E-state index contributed by atoms with van der Waals surface area (Å²) >= 11 is 0. The molecule has 0 spiro atoms. The van der Waals surface area contributed by atoms with E-state index in [9.17, 15) is 24.2 Å². The Kier molecular flexibility index (Phi) is 5.06. The van der Waals surface area contributed by atoms with Crippen LogP contribution in [0.1, 0.15) is 38.7 Å². The van der Waals surface area contributed by atoms with Crippen LogP contribution in [-0.4, -0.2) is 67.9 Å². The third-order valence-corrected chi connectivity index (χ3v) is 6.16. The highest BCUT2D eigenvalue weighted by atomic mass is 19.1. The molecular weight excluding hydrogens is 391 g/mol. The molecule has 1 amide bonds. The van der Waals surface area contributed by atoms with E-state index in [0.717, 1.165) is 0 Å². The Morgan fingerprint density at radius 3 is 2.73 bits per heavy atom. The number of aromatic nitrogens is 2. The van der Waals surface area contributed by atoms with Crippen molar-refractivity contribution in [2.45, 2.75) is 57.3 Å². The average Bonchev–Trinajstić information content (AvgIpc) is 3.02. The Bertz CT molecular complexity index is 1050. The number of hydrogen-bond acceptors (Lipinski definition) is 6. The Balaban J connectivity index is 1.53. The number of likely N-dealkylation sites (tertiary alicyclic amines) is 1. The molecule has 2 aliphatic rings. The molecular formula is C21H26FN4O4-. The molecule has 0 aliphatic carbocycles. The first-order valence-corrected chi connectivity index (χ1v) is 10.2. The molecule has 0 aromatic carbocycles.